The van der Waals surface area contributed by atoms with E-state index in [0.29, 0.717) is 0 Å². The fourth-order valence-corrected chi connectivity index (χ4v) is 2.29. The first-order valence-electron chi connectivity index (χ1n) is 7.14. The van der Waals surface area contributed by atoms with E-state index in [0.717, 1.165) is 17.9 Å². The van der Waals surface area contributed by atoms with Crippen LogP contribution in [-0.2, 0) is 6.42 Å². The van der Waals surface area contributed by atoms with Gasteiger partial charge in [0, 0.05) is 6.04 Å². The van der Waals surface area contributed by atoms with Crippen molar-refractivity contribution in [3.05, 3.63) is 59.2 Å². The van der Waals surface area contributed by atoms with E-state index in [9.17, 15) is 0 Å². The van der Waals surface area contributed by atoms with Crippen LogP contribution >= 0.6 is 0 Å². The van der Waals surface area contributed by atoms with Crippen molar-refractivity contribution in [1.82, 2.24) is 0 Å². The van der Waals surface area contributed by atoms with Gasteiger partial charge in [-0.25, -0.2) is 0 Å². The Morgan fingerprint density at radius 2 is 1.80 bits per heavy atom. The number of aryl methyl sites for hydroxylation is 2. The molecule has 0 saturated heterocycles. The molecule has 0 bridgehead atoms. The van der Waals surface area contributed by atoms with Gasteiger partial charge in [0.25, 0.3) is 0 Å². The monoisotopic (exact) mass is 269 g/mol. The maximum Gasteiger partial charge on any atom is 0.141 e. The highest BCUT2D eigenvalue weighted by Gasteiger charge is 2.09. The highest BCUT2D eigenvalue weighted by Crippen LogP contribution is 2.29. The van der Waals surface area contributed by atoms with Gasteiger partial charge in [-0.3, -0.25) is 0 Å². The lowest BCUT2D eigenvalue weighted by Gasteiger charge is -2.18. The molecule has 2 heteroatoms. The molecule has 0 amide bonds. The van der Waals surface area contributed by atoms with Gasteiger partial charge in [-0.05, 0) is 49.1 Å². The molecular formula is C18H23NO. The average molecular weight is 269 g/mol. The standard InChI is InChI=1S/C18H23NO/c1-5-15-7-9-16(10-8-15)14(3)19-17-12-13(2)6-11-18(17)20-4/h6-12,14,19H,5H2,1-4H3. The van der Waals surface area contributed by atoms with Crippen LogP contribution in [0.4, 0.5) is 5.69 Å². The third kappa shape index (κ3) is 3.32. The Bertz CT molecular complexity index is 560. The van der Waals surface area contributed by atoms with Crippen LogP contribution in [-0.4, -0.2) is 7.11 Å². The zero-order chi connectivity index (χ0) is 14.5. The molecule has 106 valence electrons. The van der Waals surface area contributed by atoms with Crippen LogP contribution in [0.2, 0.25) is 0 Å². The van der Waals surface area contributed by atoms with E-state index in [1.54, 1.807) is 7.11 Å². The molecule has 2 aromatic carbocycles. The van der Waals surface area contributed by atoms with Crippen molar-refractivity contribution >= 4 is 5.69 Å². The van der Waals surface area contributed by atoms with Crippen LogP contribution in [0, 0.1) is 6.92 Å². The van der Waals surface area contributed by atoms with Gasteiger partial charge in [-0.2, -0.15) is 0 Å². The van der Waals surface area contributed by atoms with Crippen LogP contribution in [0.5, 0.6) is 5.75 Å². The molecule has 0 aliphatic heterocycles. The van der Waals surface area contributed by atoms with Crippen molar-refractivity contribution in [1.29, 1.82) is 0 Å². The molecule has 0 spiro atoms. The predicted molar refractivity (Wildman–Crippen MR) is 85.6 cm³/mol. The second-order valence-electron chi connectivity index (χ2n) is 5.16. The second kappa shape index (κ2) is 6.47. The van der Waals surface area contributed by atoms with Crippen LogP contribution in [0.1, 0.15) is 36.6 Å². The Morgan fingerprint density at radius 1 is 1.10 bits per heavy atom. The van der Waals surface area contributed by atoms with Gasteiger partial charge in [0.05, 0.1) is 12.8 Å². The van der Waals surface area contributed by atoms with Gasteiger partial charge in [0.2, 0.25) is 0 Å². The topological polar surface area (TPSA) is 21.3 Å². The van der Waals surface area contributed by atoms with Gasteiger partial charge in [0.15, 0.2) is 0 Å². The highest BCUT2D eigenvalue weighted by atomic mass is 16.5. The number of methoxy groups -OCH3 is 1. The van der Waals surface area contributed by atoms with Gasteiger partial charge < -0.3 is 10.1 Å². The predicted octanol–water partition coefficient (Wildman–Crippen LogP) is 4.74. The number of nitrogens with one attached hydrogen (secondary N) is 1. The second-order valence-corrected chi connectivity index (χ2v) is 5.16. The Balaban J connectivity index is 2.17. The molecule has 0 fully saturated rings. The van der Waals surface area contributed by atoms with Crippen LogP contribution in [0.3, 0.4) is 0 Å². The van der Waals surface area contributed by atoms with Crippen LogP contribution in [0.15, 0.2) is 42.5 Å². The molecule has 0 aliphatic carbocycles. The molecule has 1 atom stereocenters. The number of anilines is 1. The third-order valence-electron chi connectivity index (χ3n) is 3.61. The Kier molecular flexibility index (Phi) is 4.67. The minimum atomic E-state index is 0.247. The molecule has 0 heterocycles. The molecule has 1 unspecified atom stereocenters. The van der Waals surface area contributed by atoms with Crippen molar-refractivity contribution < 1.29 is 4.74 Å². The number of hydrogen-bond donors (Lipinski definition) is 1. The zero-order valence-corrected chi connectivity index (χ0v) is 12.7. The summed E-state index contributed by atoms with van der Waals surface area (Å²) in [5.41, 5.74) is 4.92. The molecule has 2 rings (SSSR count). The maximum atomic E-state index is 5.41. The Morgan fingerprint density at radius 3 is 2.40 bits per heavy atom. The lowest BCUT2D eigenvalue weighted by atomic mass is 10.0. The van der Waals surface area contributed by atoms with E-state index in [2.05, 4.69) is 62.5 Å². The van der Waals surface area contributed by atoms with Gasteiger partial charge in [0.1, 0.15) is 5.75 Å². The SMILES string of the molecule is CCc1ccc(C(C)Nc2cc(C)ccc2OC)cc1. The molecule has 2 aromatic rings. The molecule has 1 N–H and O–H groups in total. The lowest BCUT2D eigenvalue weighted by Crippen LogP contribution is -2.08. The minimum Gasteiger partial charge on any atom is -0.495 e. The van der Waals surface area contributed by atoms with Gasteiger partial charge >= 0.3 is 0 Å². The molecule has 20 heavy (non-hydrogen) atoms. The van der Waals surface area contributed by atoms with E-state index in [-0.39, 0.29) is 6.04 Å². The summed E-state index contributed by atoms with van der Waals surface area (Å²) in [6.07, 6.45) is 1.08. The first-order valence-corrected chi connectivity index (χ1v) is 7.14. The van der Waals surface area contributed by atoms with E-state index in [4.69, 9.17) is 4.74 Å². The number of benzene rings is 2. The molecule has 0 aromatic heterocycles. The number of hydrogen-bond acceptors (Lipinski definition) is 2. The summed E-state index contributed by atoms with van der Waals surface area (Å²) in [5.74, 6) is 0.882. The minimum absolute atomic E-state index is 0.247. The molecule has 2 nitrogen and oxygen atoms in total. The molecule has 0 radical (unpaired) electrons. The van der Waals surface area contributed by atoms with Crippen molar-refractivity contribution in [2.24, 2.45) is 0 Å². The number of ether oxygens (including phenoxy) is 1. The highest BCUT2D eigenvalue weighted by molar-refractivity contribution is 5.59. The summed E-state index contributed by atoms with van der Waals surface area (Å²) in [4.78, 5) is 0. The van der Waals surface area contributed by atoms with Crippen LogP contribution < -0.4 is 10.1 Å². The fourth-order valence-electron chi connectivity index (χ4n) is 2.29. The van der Waals surface area contributed by atoms with Crippen LogP contribution in [0.25, 0.3) is 0 Å². The Labute approximate surface area is 121 Å². The maximum absolute atomic E-state index is 5.41. The van der Waals surface area contributed by atoms with Gasteiger partial charge in [-0.15, -0.1) is 0 Å². The quantitative estimate of drug-likeness (QED) is 0.846. The summed E-state index contributed by atoms with van der Waals surface area (Å²) >= 11 is 0. The van der Waals surface area contributed by atoms with E-state index in [1.807, 2.05) is 6.07 Å². The normalized spacial score (nSPS) is 12.0. The smallest absolute Gasteiger partial charge is 0.141 e. The van der Waals surface area contributed by atoms with Crippen molar-refractivity contribution in [3.63, 3.8) is 0 Å². The van der Waals surface area contributed by atoms with E-state index >= 15 is 0 Å². The van der Waals surface area contributed by atoms with Crippen molar-refractivity contribution in [2.75, 3.05) is 12.4 Å². The summed E-state index contributed by atoms with van der Waals surface area (Å²) < 4.78 is 5.41. The summed E-state index contributed by atoms with van der Waals surface area (Å²) in [7, 11) is 1.70. The summed E-state index contributed by atoms with van der Waals surface area (Å²) in [6.45, 7) is 6.43. The summed E-state index contributed by atoms with van der Waals surface area (Å²) in [6, 6.07) is 15.2. The molecule has 0 saturated carbocycles. The zero-order valence-electron chi connectivity index (χ0n) is 12.7. The largest absolute Gasteiger partial charge is 0.495 e. The third-order valence-corrected chi connectivity index (χ3v) is 3.61. The van der Waals surface area contributed by atoms with Crippen molar-refractivity contribution in [2.45, 2.75) is 33.2 Å². The van der Waals surface area contributed by atoms with E-state index < -0.39 is 0 Å². The van der Waals surface area contributed by atoms with Crippen molar-refractivity contribution in [3.8, 4) is 5.75 Å². The molecule has 0 aliphatic rings. The first kappa shape index (κ1) is 14.4. The first-order chi connectivity index (χ1) is 9.63. The lowest BCUT2D eigenvalue weighted by molar-refractivity contribution is 0.416. The van der Waals surface area contributed by atoms with Gasteiger partial charge in [-0.1, -0.05) is 37.3 Å². The molecular weight excluding hydrogens is 246 g/mol. The fraction of sp³-hybridized carbons (Fsp3) is 0.333. The summed E-state index contributed by atoms with van der Waals surface area (Å²) in [5, 5.41) is 3.53. The average Bonchev–Trinajstić information content (AvgIpc) is 2.47. The number of rotatable bonds is 5. The van der Waals surface area contributed by atoms with E-state index in [1.165, 1.54) is 16.7 Å². The Hall–Kier alpha value is -1.96.